The number of rotatable bonds is 5. The molecule has 174 valence electrons. The van der Waals surface area contributed by atoms with Crippen molar-refractivity contribution in [3.05, 3.63) is 96.7 Å². The number of ether oxygens (including phenoxy) is 1. The molecule has 2 aliphatic heterocycles. The summed E-state index contributed by atoms with van der Waals surface area (Å²) in [6.45, 7) is 6.03. The average Bonchev–Trinajstić information content (AvgIpc) is 3.48. The predicted molar refractivity (Wildman–Crippen MR) is 135 cm³/mol. The van der Waals surface area contributed by atoms with Crippen LogP contribution in [0.2, 0.25) is 0 Å². The van der Waals surface area contributed by atoms with E-state index in [4.69, 9.17) is 4.74 Å². The van der Waals surface area contributed by atoms with E-state index >= 15 is 0 Å². The SMILES string of the molecule is CCOC(=O)C1=C(C)N=c2s/c(=C/c3ccc(N4CCCC4)cc3)c(=O)n2[C@H]1c1ccccc1. The highest BCUT2D eigenvalue weighted by atomic mass is 32.1. The molecule has 2 aliphatic rings. The van der Waals surface area contributed by atoms with Crippen LogP contribution in [-0.4, -0.2) is 30.2 Å². The minimum absolute atomic E-state index is 0.157. The maximum Gasteiger partial charge on any atom is 0.338 e. The third-order valence-corrected chi connectivity index (χ3v) is 7.28. The predicted octanol–water partition coefficient (Wildman–Crippen LogP) is 3.40. The molecule has 0 saturated carbocycles. The summed E-state index contributed by atoms with van der Waals surface area (Å²) in [5.41, 5.74) is 3.86. The van der Waals surface area contributed by atoms with Crippen LogP contribution in [0.4, 0.5) is 5.69 Å². The Hall–Kier alpha value is -3.45. The lowest BCUT2D eigenvalue weighted by molar-refractivity contribution is -0.139. The number of thiazole rings is 1. The highest BCUT2D eigenvalue weighted by Crippen LogP contribution is 2.30. The van der Waals surface area contributed by atoms with Crippen molar-refractivity contribution < 1.29 is 9.53 Å². The molecule has 0 aliphatic carbocycles. The van der Waals surface area contributed by atoms with Crippen LogP contribution in [-0.2, 0) is 9.53 Å². The molecular formula is C27H27N3O3S. The zero-order chi connectivity index (χ0) is 23.7. The van der Waals surface area contributed by atoms with Crippen LogP contribution in [0.25, 0.3) is 6.08 Å². The normalized spacial score (nSPS) is 18.1. The fourth-order valence-electron chi connectivity index (χ4n) is 4.65. The molecule has 34 heavy (non-hydrogen) atoms. The van der Waals surface area contributed by atoms with Gasteiger partial charge in [-0.3, -0.25) is 9.36 Å². The van der Waals surface area contributed by atoms with Gasteiger partial charge in [-0.05, 0) is 56.0 Å². The highest BCUT2D eigenvalue weighted by Gasteiger charge is 2.33. The lowest BCUT2D eigenvalue weighted by atomic mass is 9.96. The molecule has 6 nitrogen and oxygen atoms in total. The Kier molecular flexibility index (Phi) is 6.20. The first kappa shape index (κ1) is 22.3. The summed E-state index contributed by atoms with van der Waals surface area (Å²) in [5, 5.41) is 0. The van der Waals surface area contributed by atoms with Gasteiger partial charge in [-0.1, -0.05) is 53.8 Å². The van der Waals surface area contributed by atoms with Crippen molar-refractivity contribution in [3.8, 4) is 0 Å². The van der Waals surface area contributed by atoms with Gasteiger partial charge in [0.25, 0.3) is 5.56 Å². The molecule has 5 rings (SSSR count). The number of hydrogen-bond donors (Lipinski definition) is 0. The van der Waals surface area contributed by atoms with E-state index in [1.54, 1.807) is 18.4 Å². The molecule has 3 aromatic rings. The van der Waals surface area contributed by atoms with Crippen LogP contribution in [0.1, 0.15) is 43.9 Å². The second-order valence-electron chi connectivity index (χ2n) is 8.50. The van der Waals surface area contributed by atoms with E-state index in [1.165, 1.54) is 29.9 Å². The van der Waals surface area contributed by atoms with E-state index in [-0.39, 0.29) is 12.2 Å². The first-order chi connectivity index (χ1) is 16.6. The van der Waals surface area contributed by atoms with Gasteiger partial charge in [-0.15, -0.1) is 0 Å². The molecule has 1 fully saturated rings. The van der Waals surface area contributed by atoms with Crippen LogP contribution in [0.15, 0.2) is 75.7 Å². The first-order valence-corrected chi connectivity index (χ1v) is 12.5. The van der Waals surface area contributed by atoms with Gasteiger partial charge in [0.15, 0.2) is 4.80 Å². The molecule has 7 heteroatoms. The van der Waals surface area contributed by atoms with Crippen LogP contribution >= 0.6 is 11.3 Å². The first-order valence-electron chi connectivity index (χ1n) is 11.7. The van der Waals surface area contributed by atoms with E-state index in [1.807, 2.05) is 36.4 Å². The van der Waals surface area contributed by atoms with Crippen LogP contribution in [0, 0.1) is 0 Å². The second-order valence-corrected chi connectivity index (χ2v) is 9.51. The zero-order valence-electron chi connectivity index (χ0n) is 19.4. The second kappa shape index (κ2) is 9.43. The maximum absolute atomic E-state index is 13.6. The molecule has 3 heterocycles. The third-order valence-electron chi connectivity index (χ3n) is 6.29. The Balaban J connectivity index is 1.60. The van der Waals surface area contributed by atoms with Crippen molar-refractivity contribution in [1.82, 2.24) is 4.57 Å². The molecule has 1 atom stereocenters. The number of anilines is 1. The summed E-state index contributed by atoms with van der Waals surface area (Å²) in [6, 6.07) is 17.3. The number of allylic oxidation sites excluding steroid dienone is 1. The standard InChI is InChI=1S/C27H27N3O3S/c1-3-33-26(32)23-18(2)28-27-30(24(23)20-9-5-4-6-10-20)25(31)22(34-27)17-19-11-13-21(14-12-19)29-15-7-8-16-29/h4-6,9-14,17,24H,3,7-8,15-16H2,1-2H3/b22-17+/t24-/m0/s1. The Bertz CT molecular complexity index is 1410. The van der Waals surface area contributed by atoms with Crippen molar-refractivity contribution in [1.29, 1.82) is 0 Å². The summed E-state index contributed by atoms with van der Waals surface area (Å²) < 4.78 is 7.55. The minimum Gasteiger partial charge on any atom is -0.463 e. The molecule has 0 radical (unpaired) electrons. The van der Waals surface area contributed by atoms with Gasteiger partial charge >= 0.3 is 5.97 Å². The van der Waals surface area contributed by atoms with Gasteiger partial charge in [0, 0.05) is 18.8 Å². The monoisotopic (exact) mass is 473 g/mol. The number of benzene rings is 2. The van der Waals surface area contributed by atoms with Gasteiger partial charge in [-0.25, -0.2) is 9.79 Å². The zero-order valence-corrected chi connectivity index (χ0v) is 20.2. The van der Waals surface area contributed by atoms with Crippen molar-refractivity contribution in [2.75, 3.05) is 24.6 Å². The van der Waals surface area contributed by atoms with Crippen LogP contribution in [0.5, 0.6) is 0 Å². The molecular weight excluding hydrogens is 446 g/mol. The van der Waals surface area contributed by atoms with Crippen molar-refractivity contribution in [3.63, 3.8) is 0 Å². The van der Waals surface area contributed by atoms with Gasteiger partial charge in [0.1, 0.15) is 0 Å². The summed E-state index contributed by atoms with van der Waals surface area (Å²) in [5.74, 6) is -0.440. The van der Waals surface area contributed by atoms with Gasteiger partial charge in [-0.2, -0.15) is 0 Å². The highest BCUT2D eigenvalue weighted by molar-refractivity contribution is 7.07. The fourth-order valence-corrected chi connectivity index (χ4v) is 5.70. The smallest absolute Gasteiger partial charge is 0.338 e. The number of aromatic nitrogens is 1. The number of carbonyl (C=O) groups is 1. The molecule has 0 amide bonds. The fraction of sp³-hybridized carbons (Fsp3) is 0.296. The summed E-state index contributed by atoms with van der Waals surface area (Å²) in [4.78, 5) is 34.1. The Morgan fingerprint density at radius 2 is 1.82 bits per heavy atom. The lowest BCUT2D eigenvalue weighted by Gasteiger charge is -2.24. The molecule has 0 unspecified atom stereocenters. The lowest BCUT2D eigenvalue weighted by Crippen LogP contribution is -2.39. The van der Waals surface area contributed by atoms with E-state index in [0.29, 0.717) is 20.6 Å². The molecule has 1 aromatic heterocycles. The molecule has 0 spiro atoms. The largest absolute Gasteiger partial charge is 0.463 e. The Labute approximate surface area is 202 Å². The van der Waals surface area contributed by atoms with Crippen molar-refractivity contribution >= 4 is 29.1 Å². The molecule has 0 N–H and O–H groups in total. The van der Waals surface area contributed by atoms with Crippen molar-refractivity contribution in [2.45, 2.75) is 32.7 Å². The average molecular weight is 474 g/mol. The molecule has 2 aromatic carbocycles. The summed E-state index contributed by atoms with van der Waals surface area (Å²) in [6.07, 6.45) is 4.38. The minimum atomic E-state index is -0.573. The molecule has 0 bridgehead atoms. The number of carbonyl (C=O) groups excluding carboxylic acids is 1. The Morgan fingerprint density at radius 3 is 2.50 bits per heavy atom. The Morgan fingerprint density at radius 1 is 1.12 bits per heavy atom. The van der Waals surface area contributed by atoms with Gasteiger partial charge in [0.2, 0.25) is 0 Å². The number of esters is 1. The number of hydrogen-bond acceptors (Lipinski definition) is 6. The van der Waals surface area contributed by atoms with E-state index in [0.717, 1.165) is 24.2 Å². The summed E-state index contributed by atoms with van der Waals surface area (Å²) >= 11 is 1.35. The third kappa shape index (κ3) is 4.12. The summed E-state index contributed by atoms with van der Waals surface area (Å²) in [7, 11) is 0. The van der Waals surface area contributed by atoms with Gasteiger partial charge < -0.3 is 9.64 Å². The quantitative estimate of drug-likeness (QED) is 0.533. The number of fused-ring (bicyclic) bond motifs is 1. The maximum atomic E-state index is 13.6. The van der Waals surface area contributed by atoms with Crippen molar-refractivity contribution in [2.24, 2.45) is 4.99 Å². The van der Waals surface area contributed by atoms with Gasteiger partial charge in [0.05, 0.1) is 28.5 Å². The van der Waals surface area contributed by atoms with E-state index in [9.17, 15) is 9.59 Å². The number of nitrogens with zero attached hydrogens (tertiary/aromatic N) is 3. The molecule has 1 saturated heterocycles. The van der Waals surface area contributed by atoms with E-state index < -0.39 is 12.0 Å². The topological polar surface area (TPSA) is 63.9 Å². The van der Waals surface area contributed by atoms with Crippen LogP contribution < -0.4 is 19.8 Å². The van der Waals surface area contributed by atoms with Crippen LogP contribution in [0.3, 0.4) is 0 Å². The van der Waals surface area contributed by atoms with E-state index in [2.05, 4.69) is 34.2 Å².